The van der Waals surface area contributed by atoms with E-state index in [4.69, 9.17) is 10.00 Å². The summed E-state index contributed by atoms with van der Waals surface area (Å²) in [6, 6.07) is 16.2. The first-order chi connectivity index (χ1) is 10.3. The molecule has 3 heteroatoms. The molecule has 21 heavy (non-hydrogen) atoms. The molecule has 0 atom stereocenters. The Morgan fingerprint density at radius 3 is 2.62 bits per heavy atom. The average molecular weight is 279 g/mol. The zero-order valence-electron chi connectivity index (χ0n) is 12.0. The maximum absolute atomic E-state index is 12.3. The largest absolute Gasteiger partial charge is 0.422 e. The molecule has 0 radical (unpaired) electrons. The summed E-state index contributed by atoms with van der Waals surface area (Å²) < 4.78 is 5.38. The van der Waals surface area contributed by atoms with E-state index in [-0.39, 0.29) is 0 Å². The third-order valence-corrected chi connectivity index (χ3v) is 3.25. The monoisotopic (exact) mass is 279 g/mol. The summed E-state index contributed by atoms with van der Waals surface area (Å²) in [5.41, 5.74) is 1.91. The molecule has 2 aromatic rings. The van der Waals surface area contributed by atoms with E-state index in [0.29, 0.717) is 16.9 Å². The summed E-state index contributed by atoms with van der Waals surface area (Å²) in [6.45, 7) is 2.12. The lowest BCUT2D eigenvalue weighted by Crippen LogP contribution is -2.12. The van der Waals surface area contributed by atoms with Gasteiger partial charge in [-0.2, -0.15) is 5.26 Å². The number of nitrogens with zero attached hydrogens (tertiary/aromatic N) is 1. The van der Waals surface area contributed by atoms with Crippen LogP contribution in [0.15, 0.2) is 48.5 Å². The zero-order chi connectivity index (χ0) is 15.1. The predicted molar refractivity (Wildman–Crippen MR) is 81.2 cm³/mol. The molecule has 0 heterocycles. The van der Waals surface area contributed by atoms with E-state index < -0.39 is 5.97 Å². The standard InChI is InChI=1S/C18H17NO2/c1-2-3-8-14-9-4-6-11-16(14)18(20)21-17-12-7-5-10-15(17)13-19/h4-7,9-12H,2-3,8H2,1H3. The van der Waals surface area contributed by atoms with Gasteiger partial charge in [-0.3, -0.25) is 0 Å². The molecular weight excluding hydrogens is 262 g/mol. The van der Waals surface area contributed by atoms with Gasteiger partial charge in [0.2, 0.25) is 0 Å². The lowest BCUT2D eigenvalue weighted by atomic mass is 10.0. The topological polar surface area (TPSA) is 50.1 Å². The quantitative estimate of drug-likeness (QED) is 0.611. The third-order valence-electron chi connectivity index (χ3n) is 3.25. The van der Waals surface area contributed by atoms with Gasteiger partial charge in [-0.1, -0.05) is 43.7 Å². The second kappa shape index (κ2) is 7.25. The molecule has 0 spiro atoms. The van der Waals surface area contributed by atoms with Crippen molar-refractivity contribution in [2.24, 2.45) is 0 Å². The van der Waals surface area contributed by atoms with Gasteiger partial charge >= 0.3 is 5.97 Å². The van der Waals surface area contributed by atoms with Crippen LogP contribution >= 0.6 is 0 Å². The summed E-state index contributed by atoms with van der Waals surface area (Å²) in [7, 11) is 0. The van der Waals surface area contributed by atoms with Crippen molar-refractivity contribution in [1.29, 1.82) is 5.26 Å². The Balaban J connectivity index is 2.23. The Morgan fingerprint density at radius 2 is 1.86 bits per heavy atom. The molecule has 2 rings (SSSR count). The third kappa shape index (κ3) is 3.70. The van der Waals surface area contributed by atoms with E-state index in [9.17, 15) is 4.79 Å². The van der Waals surface area contributed by atoms with Gasteiger partial charge < -0.3 is 4.74 Å². The van der Waals surface area contributed by atoms with Crippen molar-refractivity contribution < 1.29 is 9.53 Å². The Morgan fingerprint density at radius 1 is 1.14 bits per heavy atom. The molecule has 3 nitrogen and oxygen atoms in total. The van der Waals surface area contributed by atoms with Gasteiger partial charge in [-0.15, -0.1) is 0 Å². The Labute approximate surface area is 124 Å². The van der Waals surface area contributed by atoms with Crippen LogP contribution in [-0.4, -0.2) is 5.97 Å². The molecule has 0 saturated carbocycles. The van der Waals surface area contributed by atoms with Crippen molar-refractivity contribution >= 4 is 5.97 Å². The molecule has 0 aliphatic heterocycles. The highest BCUT2D eigenvalue weighted by Gasteiger charge is 2.14. The first kappa shape index (κ1) is 14.8. The van der Waals surface area contributed by atoms with Crippen molar-refractivity contribution in [1.82, 2.24) is 0 Å². The van der Waals surface area contributed by atoms with Crippen LogP contribution < -0.4 is 4.74 Å². The molecule has 0 aliphatic rings. The van der Waals surface area contributed by atoms with E-state index >= 15 is 0 Å². The van der Waals surface area contributed by atoms with Gasteiger partial charge in [-0.05, 0) is 36.6 Å². The lowest BCUT2D eigenvalue weighted by molar-refractivity contribution is 0.0733. The highest BCUT2D eigenvalue weighted by Crippen LogP contribution is 2.20. The second-order valence-corrected chi connectivity index (χ2v) is 4.76. The average Bonchev–Trinajstić information content (AvgIpc) is 2.53. The highest BCUT2D eigenvalue weighted by molar-refractivity contribution is 5.92. The molecule has 0 fully saturated rings. The van der Waals surface area contributed by atoms with Crippen molar-refractivity contribution in [3.63, 3.8) is 0 Å². The second-order valence-electron chi connectivity index (χ2n) is 4.76. The van der Waals surface area contributed by atoms with E-state index in [1.807, 2.05) is 24.3 Å². The molecule has 0 aromatic heterocycles. The fraction of sp³-hybridized carbons (Fsp3) is 0.222. The zero-order valence-corrected chi connectivity index (χ0v) is 12.0. The van der Waals surface area contributed by atoms with Crippen molar-refractivity contribution in [2.75, 3.05) is 0 Å². The van der Waals surface area contributed by atoms with Crippen molar-refractivity contribution in [3.05, 3.63) is 65.2 Å². The molecular formula is C18H17NO2. The highest BCUT2D eigenvalue weighted by atomic mass is 16.5. The summed E-state index contributed by atoms with van der Waals surface area (Å²) in [4.78, 5) is 12.3. The van der Waals surface area contributed by atoms with Crippen LogP contribution in [-0.2, 0) is 6.42 Å². The number of ether oxygens (including phenoxy) is 1. The number of benzene rings is 2. The molecule has 0 unspecified atom stereocenters. The number of rotatable bonds is 5. The number of esters is 1. The van der Waals surface area contributed by atoms with Crippen LogP contribution in [0.3, 0.4) is 0 Å². The molecule has 0 bridgehead atoms. The van der Waals surface area contributed by atoms with Crippen LogP contribution in [0, 0.1) is 11.3 Å². The van der Waals surface area contributed by atoms with Crippen LogP contribution in [0.5, 0.6) is 5.75 Å². The minimum Gasteiger partial charge on any atom is -0.422 e. The Kier molecular flexibility index (Phi) is 5.11. The van der Waals surface area contributed by atoms with E-state index in [1.54, 1.807) is 30.3 Å². The molecule has 0 saturated heterocycles. The molecule has 2 aromatic carbocycles. The van der Waals surface area contributed by atoms with Crippen molar-refractivity contribution in [3.8, 4) is 11.8 Å². The molecule has 0 N–H and O–H groups in total. The minimum atomic E-state index is -0.413. The summed E-state index contributed by atoms with van der Waals surface area (Å²) in [5, 5.41) is 9.03. The predicted octanol–water partition coefficient (Wildman–Crippen LogP) is 4.12. The minimum absolute atomic E-state index is 0.301. The molecule has 0 aliphatic carbocycles. The Bertz CT molecular complexity index is 671. The summed E-state index contributed by atoms with van der Waals surface area (Å²) in [5.74, 6) is -0.111. The molecule has 0 amide bonds. The number of nitriles is 1. The number of carbonyl (C=O) groups is 1. The number of unbranched alkanes of at least 4 members (excludes halogenated alkanes) is 1. The van der Waals surface area contributed by atoms with Gasteiger partial charge in [0.25, 0.3) is 0 Å². The maximum Gasteiger partial charge on any atom is 0.343 e. The van der Waals surface area contributed by atoms with E-state index in [0.717, 1.165) is 24.8 Å². The summed E-state index contributed by atoms with van der Waals surface area (Å²) >= 11 is 0. The van der Waals surface area contributed by atoms with E-state index in [1.165, 1.54) is 0 Å². The van der Waals surface area contributed by atoms with Crippen LogP contribution in [0.1, 0.15) is 41.3 Å². The summed E-state index contributed by atoms with van der Waals surface area (Å²) in [6.07, 6.45) is 2.95. The SMILES string of the molecule is CCCCc1ccccc1C(=O)Oc1ccccc1C#N. The lowest BCUT2D eigenvalue weighted by Gasteiger charge is -2.09. The van der Waals surface area contributed by atoms with Crippen molar-refractivity contribution in [2.45, 2.75) is 26.2 Å². The normalized spacial score (nSPS) is 9.90. The van der Waals surface area contributed by atoms with Gasteiger partial charge in [-0.25, -0.2) is 4.79 Å². The van der Waals surface area contributed by atoms with Crippen LogP contribution in [0.25, 0.3) is 0 Å². The van der Waals surface area contributed by atoms with E-state index in [2.05, 4.69) is 6.92 Å². The first-order valence-electron chi connectivity index (χ1n) is 7.05. The van der Waals surface area contributed by atoms with Gasteiger partial charge in [0.05, 0.1) is 11.1 Å². The smallest absolute Gasteiger partial charge is 0.343 e. The van der Waals surface area contributed by atoms with Crippen LogP contribution in [0.2, 0.25) is 0 Å². The van der Waals surface area contributed by atoms with Crippen LogP contribution in [0.4, 0.5) is 0 Å². The molecule has 106 valence electrons. The first-order valence-corrected chi connectivity index (χ1v) is 7.05. The van der Waals surface area contributed by atoms with Gasteiger partial charge in [0.15, 0.2) is 0 Å². The number of carbonyl (C=O) groups excluding carboxylic acids is 1. The fourth-order valence-corrected chi connectivity index (χ4v) is 2.11. The number of hydrogen-bond donors (Lipinski definition) is 0. The van der Waals surface area contributed by atoms with Gasteiger partial charge in [0, 0.05) is 0 Å². The van der Waals surface area contributed by atoms with Gasteiger partial charge in [0.1, 0.15) is 11.8 Å². The number of para-hydroxylation sites is 1. The Hall–Kier alpha value is -2.60. The fourth-order valence-electron chi connectivity index (χ4n) is 2.11. The number of aryl methyl sites for hydroxylation is 1. The number of hydrogen-bond acceptors (Lipinski definition) is 3. The maximum atomic E-state index is 12.3.